The fraction of sp³-hybridized carbons (Fsp3) is 0.125. The van der Waals surface area contributed by atoms with Crippen LogP contribution in [0.25, 0.3) is 11.0 Å². The van der Waals surface area contributed by atoms with Crippen molar-refractivity contribution in [2.24, 2.45) is 5.73 Å². The van der Waals surface area contributed by atoms with Gasteiger partial charge in [0.1, 0.15) is 17.1 Å². The largest absolute Gasteiger partial charge is 0.497 e. The lowest BCUT2D eigenvalue weighted by Gasteiger charge is -2.09. The Kier molecular flexibility index (Phi) is 3.35. The van der Waals surface area contributed by atoms with Crippen LogP contribution in [0.3, 0.4) is 0 Å². The molecule has 0 aliphatic rings. The summed E-state index contributed by atoms with van der Waals surface area (Å²) in [5, 5.41) is 0.865. The van der Waals surface area contributed by atoms with Crippen LogP contribution in [-0.2, 0) is 0 Å². The molecule has 0 saturated carbocycles. The van der Waals surface area contributed by atoms with Gasteiger partial charge in [0.15, 0.2) is 11.6 Å². The Labute approximate surface area is 119 Å². The molecule has 0 radical (unpaired) electrons. The van der Waals surface area contributed by atoms with E-state index in [9.17, 15) is 8.78 Å². The van der Waals surface area contributed by atoms with E-state index in [1.54, 1.807) is 19.2 Å². The van der Waals surface area contributed by atoms with Gasteiger partial charge in [-0.1, -0.05) is 6.07 Å². The number of ether oxygens (including phenoxy) is 1. The molecule has 0 amide bonds. The van der Waals surface area contributed by atoms with Crippen LogP contribution in [0.2, 0.25) is 0 Å². The average Bonchev–Trinajstić information content (AvgIpc) is 2.92. The van der Waals surface area contributed by atoms with Crippen molar-refractivity contribution in [3.63, 3.8) is 0 Å². The van der Waals surface area contributed by atoms with Gasteiger partial charge >= 0.3 is 0 Å². The van der Waals surface area contributed by atoms with Gasteiger partial charge in [0.05, 0.1) is 13.2 Å². The summed E-state index contributed by atoms with van der Waals surface area (Å²) in [5.74, 6) is -0.685. The van der Waals surface area contributed by atoms with Crippen LogP contribution < -0.4 is 10.5 Å². The fourth-order valence-electron chi connectivity index (χ4n) is 2.18. The zero-order valence-corrected chi connectivity index (χ0v) is 11.3. The Balaban J connectivity index is 2.00. The van der Waals surface area contributed by atoms with Gasteiger partial charge in [0, 0.05) is 11.5 Å². The normalized spacial score (nSPS) is 12.6. The molecule has 3 aromatic rings. The predicted octanol–water partition coefficient (Wildman–Crippen LogP) is 3.77. The van der Waals surface area contributed by atoms with Gasteiger partial charge in [0.2, 0.25) is 0 Å². The van der Waals surface area contributed by atoms with Crippen LogP contribution in [0.4, 0.5) is 8.78 Å². The minimum absolute atomic E-state index is 0.444. The molecule has 1 atom stereocenters. The quantitative estimate of drug-likeness (QED) is 0.798. The lowest BCUT2D eigenvalue weighted by molar-refractivity contribution is 0.414. The minimum Gasteiger partial charge on any atom is -0.497 e. The molecule has 3 nitrogen and oxygen atoms in total. The van der Waals surface area contributed by atoms with Gasteiger partial charge < -0.3 is 14.9 Å². The molecule has 108 valence electrons. The standard InChI is InChI=1S/C16H13F2NO2/c1-20-11-4-2-9-7-15(21-14(9)8-11)16(19)10-3-5-12(17)13(18)6-10/h2-8,16H,19H2,1H3. The van der Waals surface area contributed by atoms with Crippen LogP contribution in [-0.4, -0.2) is 7.11 Å². The topological polar surface area (TPSA) is 48.4 Å². The van der Waals surface area contributed by atoms with Crippen molar-refractivity contribution >= 4 is 11.0 Å². The average molecular weight is 289 g/mol. The first-order valence-corrected chi connectivity index (χ1v) is 6.36. The molecule has 0 spiro atoms. The molecule has 5 heteroatoms. The van der Waals surface area contributed by atoms with Crippen LogP contribution >= 0.6 is 0 Å². The smallest absolute Gasteiger partial charge is 0.159 e. The van der Waals surface area contributed by atoms with E-state index in [1.807, 2.05) is 12.1 Å². The van der Waals surface area contributed by atoms with E-state index in [2.05, 4.69) is 0 Å². The van der Waals surface area contributed by atoms with E-state index >= 15 is 0 Å². The fourth-order valence-corrected chi connectivity index (χ4v) is 2.18. The van der Waals surface area contributed by atoms with Crippen molar-refractivity contribution in [3.8, 4) is 5.75 Å². The van der Waals surface area contributed by atoms with Gasteiger partial charge in [-0.15, -0.1) is 0 Å². The summed E-state index contributed by atoms with van der Waals surface area (Å²) in [6, 6.07) is 10.1. The SMILES string of the molecule is COc1ccc2cc(C(N)c3ccc(F)c(F)c3)oc2c1. The summed E-state index contributed by atoms with van der Waals surface area (Å²) in [7, 11) is 1.57. The lowest BCUT2D eigenvalue weighted by atomic mass is 10.0. The molecule has 1 aromatic heterocycles. The highest BCUT2D eigenvalue weighted by molar-refractivity contribution is 5.79. The Morgan fingerprint density at radius 2 is 1.86 bits per heavy atom. The molecule has 0 saturated heterocycles. The van der Waals surface area contributed by atoms with Crippen LogP contribution in [0.15, 0.2) is 46.9 Å². The molecule has 0 aliphatic heterocycles. The summed E-state index contributed by atoms with van der Waals surface area (Å²) >= 11 is 0. The highest BCUT2D eigenvalue weighted by Crippen LogP contribution is 2.29. The summed E-state index contributed by atoms with van der Waals surface area (Å²) < 4.78 is 37.0. The third-order valence-electron chi connectivity index (χ3n) is 3.36. The molecular weight excluding hydrogens is 276 g/mol. The number of hydrogen-bond donors (Lipinski definition) is 1. The maximum Gasteiger partial charge on any atom is 0.159 e. The number of benzene rings is 2. The predicted molar refractivity (Wildman–Crippen MR) is 75.2 cm³/mol. The number of rotatable bonds is 3. The first-order valence-electron chi connectivity index (χ1n) is 6.36. The molecule has 3 rings (SSSR count). The monoisotopic (exact) mass is 289 g/mol. The zero-order valence-electron chi connectivity index (χ0n) is 11.3. The Morgan fingerprint density at radius 1 is 1.05 bits per heavy atom. The molecule has 0 aliphatic carbocycles. The van der Waals surface area contributed by atoms with Crippen molar-refractivity contribution < 1.29 is 17.9 Å². The Hall–Kier alpha value is -2.40. The van der Waals surface area contributed by atoms with Crippen molar-refractivity contribution in [3.05, 3.63) is 65.4 Å². The van der Waals surface area contributed by atoms with E-state index in [0.717, 1.165) is 17.5 Å². The second-order valence-corrected chi connectivity index (χ2v) is 4.70. The lowest BCUT2D eigenvalue weighted by Crippen LogP contribution is -2.11. The zero-order chi connectivity index (χ0) is 15.0. The van der Waals surface area contributed by atoms with Crippen LogP contribution in [0, 0.1) is 11.6 Å². The maximum atomic E-state index is 13.3. The van der Waals surface area contributed by atoms with Gasteiger partial charge in [-0.05, 0) is 35.9 Å². The third-order valence-corrected chi connectivity index (χ3v) is 3.36. The highest BCUT2D eigenvalue weighted by Gasteiger charge is 2.16. The summed E-state index contributed by atoms with van der Waals surface area (Å²) in [6.07, 6.45) is 0. The Morgan fingerprint density at radius 3 is 2.57 bits per heavy atom. The number of halogens is 2. The number of hydrogen-bond acceptors (Lipinski definition) is 3. The maximum absolute atomic E-state index is 13.3. The summed E-state index contributed by atoms with van der Waals surface area (Å²) in [6.45, 7) is 0. The van der Waals surface area contributed by atoms with Gasteiger partial charge in [-0.2, -0.15) is 0 Å². The summed E-state index contributed by atoms with van der Waals surface area (Å²) in [5.41, 5.74) is 7.13. The van der Waals surface area contributed by atoms with Crippen molar-refractivity contribution in [1.29, 1.82) is 0 Å². The van der Waals surface area contributed by atoms with Crippen molar-refractivity contribution in [2.75, 3.05) is 7.11 Å². The van der Waals surface area contributed by atoms with Gasteiger partial charge in [-0.3, -0.25) is 0 Å². The van der Waals surface area contributed by atoms with E-state index in [-0.39, 0.29) is 0 Å². The molecule has 2 aromatic carbocycles. The first kappa shape index (κ1) is 13.6. The summed E-state index contributed by atoms with van der Waals surface area (Å²) in [4.78, 5) is 0. The van der Waals surface area contributed by atoms with E-state index in [1.165, 1.54) is 6.07 Å². The molecule has 0 bridgehead atoms. The molecule has 1 heterocycles. The molecule has 2 N–H and O–H groups in total. The van der Waals surface area contributed by atoms with Crippen LogP contribution in [0.5, 0.6) is 5.75 Å². The third kappa shape index (κ3) is 2.48. The Bertz CT molecular complexity index is 798. The van der Waals surface area contributed by atoms with E-state index in [0.29, 0.717) is 22.7 Å². The van der Waals surface area contributed by atoms with Crippen LogP contribution in [0.1, 0.15) is 17.4 Å². The highest BCUT2D eigenvalue weighted by atomic mass is 19.2. The second-order valence-electron chi connectivity index (χ2n) is 4.70. The molecule has 1 unspecified atom stereocenters. The van der Waals surface area contributed by atoms with E-state index < -0.39 is 17.7 Å². The molecular formula is C16H13F2NO2. The molecule has 21 heavy (non-hydrogen) atoms. The number of furan rings is 1. The number of fused-ring (bicyclic) bond motifs is 1. The van der Waals surface area contributed by atoms with Crippen molar-refractivity contribution in [1.82, 2.24) is 0 Å². The van der Waals surface area contributed by atoms with Crippen molar-refractivity contribution in [2.45, 2.75) is 6.04 Å². The minimum atomic E-state index is -0.930. The number of methoxy groups -OCH3 is 1. The van der Waals surface area contributed by atoms with E-state index in [4.69, 9.17) is 14.9 Å². The van der Waals surface area contributed by atoms with Gasteiger partial charge in [-0.25, -0.2) is 8.78 Å². The van der Waals surface area contributed by atoms with Gasteiger partial charge in [0.25, 0.3) is 0 Å². The number of nitrogens with two attached hydrogens (primary N) is 1. The first-order chi connectivity index (χ1) is 10.1. The molecule has 0 fully saturated rings. The second kappa shape index (κ2) is 5.18.